The Hall–Kier alpha value is -6.42. The number of hydrogen-bond donors (Lipinski definition) is 6. The number of aliphatic carboxylic acids is 3. The van der Waals surface area contributed by atoms with Gasteiger partial charge in [0.2, 0.25) is 11.8 Å². The molecule has 4 aromatic rings. The molecule has 1 aromatic heterocycles. The number of amides is 3. The lowest BCUT2D eigenvalue weighted by Crippen LogP contribution is -2.55. The molecule has 0 spiro atoms. The number of carbonyl (C=O) groups excluding carboxylic acids is 3. The fourth-order valence-electron chi connectivity index (χ4n) is 9.27. The summed E-state index contributed by atoms with van der Waals surface area (Å²) < 4.78 is 54.0. The number of carboxylic acids is 3. The van der Waals surface area contributed by atoms with Crippen LogP contribution in [0.2, 0.25) is 10.0 Å². The molecule has 3 aromatic carbocycles. The minimum Gasteiger partial charge on any atom is -0.496 e. The van der Waals surface area contributed by atoms with Crippen molar-refractivity contribution >= 4 is 74.6 Å². The summed E-state index contributed by atoms with van der Waals surface area (Å²) >= 11 is 13.0. The number of carbonyl (C=O) groups is 6. The lowest BCUT2D eigenvalue weighted by atomic mass is 9.95. The highest BCUT2D eigenvalue weighted by Gasteiger charge is 2.40. The highest BCUT2D eigenvalue weighted by atomic mass is 35.5. The van der Waals surface area contributed by atoms with Gasteiger partial charge in [0.15, 0.2) is 5.69 Å². The zero-order valence-corrected chi connectivity index (χ0v) is 44.2. The van der Waals surface area contributed by atoms with Crippen molar-refractivity contribution in [2.24, 2.45) is 0 Å². The number of carboxylic acid groups (broad SMARTS) is 3. The first kappa shape index (κ1) is 57.3. The number of benzene rings is 3. The molecule has 1 unspecified atom stereocenters. The fourth-order valence-corrected chi connectivity index (χ4v) is 10.4. The molecular weight excluding hydrogens is 1060 g/mol. The van der Waals surface area contributed by atoms with Crippen LogP contribution in [0.3, 0.4) is 0 Å². The van der Waals surface area contributed by atoms with E-state index in [1.165, 1.54) is 13.2 Å². The minimum absolute atomic E-state index is 0.0287. The molecule has 0 bridgehead atoms. The molecule has 76 heavy (non-hydrogen) atoms. The summed E-state index contributed by atoms with van der Waals surface area (Å²) in [7, 11) is -3.43. The van der Waals surface area contributed by atoms with Crippen LogP contribution in [0.1, 0.15) is 29.9 Å². The number of fused-ring (bicyclic) bond motifs is 3. The first-order valence-corrected chi connectivity index (χ1v) is 26.4. The van der Waals surface area contributed by atoms with Gasteiger partial charge in [0.1, 0.15) is 29.9 Å². The molecule has 0 saturated carbocycles. The van der Waals surface area contributed by atoms with Crippen molar-refractivity contribution in [3.05, 3.63) is 75.9 Å². The maximum Gasteiger partial charge on any atom is 0.317 e. The number of anilines is 1. The van der Waals surface area contributed by atoms with Gasteiger partial charge in [0, 0.05) is 97.4 Å². The average molecular weight is 1120 g/mol. The van der Waals surface area contributed by atoms with E-state index in [0.717, 1.165) is 0 Å². The molecule has 2 saturated heterocycles. The second-order valence-electron chi connectivity index (χ2n) is 19.1. The van der Waals surface area contributed by atoms with Crippen LogP contribution in [0.5, 0.6) is 11.5 Å². The van der Waals surface area contributed by atoms with Gasteiger partial charge in [0.05, 0.1) is 63.4 Å². The number of nitrogens with one attached hydrogen (secondary N) is 2. The Morgan fingerprint density at radius 2 is 1.34 bits per heavy atom. The summed E-state index contributed by atoms with van der Waals surface area (Å²) in [6.45, 7) is 4.03. The van der Waals surface area contributed by atoms with Crippen molar-refractivity contribution in [3.8, 4) is 39.6 Å². The maximum absolute atomic E-state index is 14.5. The van der Waals surface area contributed by atoms with E-state index in [4.69, 9.17) is 42.5 Å². The number of aromatic nitrogens is 2. The molecule has 0 aliphatic carbocycles. The zero-order valence-electron chi connectivity index (χ0n) is 41.9. The van der Waals surface area contributed by atoms with Crippen LogP contribution < -0.4 is 20.1 Å². The third kappa shape index (κ3) is 14.9. The van der Waals surface area contributed by atoms with Crippen LogP contribution in [0.15, 0.2) is 54.6 Å². The quantitative estimate of drug-likeness (QED) is 0.0828. The number of methoxy groups -OCH3 is 1. The summed E-state index contributed by atoms with van der Waals surface area (Å²) in [5.74, 6) is -6.05. The van der Waals surface area contributed by atoms with Gasteiger partial charge in [-0.15, -0.1) is 0 Å². The number of ether oxygens (including phenoxy) is 3. The number of rotatable bonds is 17. The molecule has 6 N–H and O–H groups in total. The van der Waals surface area contributed by atoms with Gasteiger partial charge in [-0.25, -0.2) is 4.68 Å². The Bertz CT molecular complexity index is 2920. The first-order valence-electron chi connectivity index (χ1n) is 24.0. The molecule has 3 amide bonds. The van der Waals surface area contributed by atoms with E-state index < -0.39 is 76.8 Å². The van der Waals surface area contributed by atoms with E-state index in [0.29, 0.717) is 74.9 Å². The topological polar surface area (TPSA) is 303 Å². The van der Waals surface area contributed by atoms with E-state index in [2.05, 4.69) is 10.6 Å². The zero-order chi connectivity index (χ0) is 55.1. The number of hydrogen-bond acceptors (Lipinski definition) is 16. The SMILES string of the molecule is COc1cc2c(cc1-c1cccc(NC(=O)C(CS(=O)(=O)O)NC(=O)CN3CCN(CC(=O)O)CCN(CC(=O)O)CCN(CC(=O)O)CC3)c1)-c1c(c(C(=O)N3CCOCC3(C)C)nn1-c1cc(Cl)cc(Cl)c1)CO2. The van der Waals surface area contributed by atoms with Crippen molar-refractivity contribution in [1.82, 2.24) is 39.6 Å². The van der Waals surface area contributed by atoms with Crippen LogP contribution in [-0.4, -0.2) is 221 Å². The number of halogens is 2. The first-order chi connectivity index (χ1) is 36.0. The van der Waals surface area contributed by atoms with Crippen LogP contribution in [0.4, 0.5) is 5.69 Å². The van der Waals surface area contributed by atoms with Crippen molar-refractivity contribution < 1.29 is 71.3 Å². The van der Waals surface area contributed by atoms with E-state index in [1.807, 2.05) is 13.8 Å². The molecule has 2 fully saturated rings. The highest BCUT2D eigenvalue weighted by Crippen LogP contribution is 2.47. The lowest BCUT2D eigenvalue weighted by molar-refractivity contribution is -0.140. The third-order valence-corrected chi connectivity index (χ3v) is 14.1. The molecule has 27 heteroatoms. The standard InChI is InChI=1S/C49H59Cl2N9O15S/c1-49(2)29-74-16-15-59(49)48(69)45-37-27-75-40-22-39(73-3)35(21-36(40)46(37)60(54-45)34-19-31(50)18-32(51)20-34)30-5-4-6-33(17-30)52-47(68)38(28-76(70,71)72)53-41(61)23-55-7-9-56(24-42(62)63)11-13-58(26-44(66)67)14-12-57(10-8-55)25-43(64)65/h4-6,17-22,38H,7-16,23-29H2,1-3H3,(H,52,68)(H,53,61)(H,62,63)(H,64,65)(H,66,67)(H,70,71,72). The van der Waals surface area contributed by atoms with Gasteiger partial charge in [-0.1, -0.05) is 35.3 Å². The Morgan fingerprint density at radius 3 is 1.87 bits per heavy atom. The second kappa shape index (κ2) is 24.7. The number of nitrogens with zero attached hydrogens (tertiary/aromatic N) is 7. The molecule has 1 atom stereocenters. The van der Waals surface area contributed by atoms with Gasteiger partial charge < -0.3 is 45.1 Å². The highest BCUT2D eigenvalue weighted by molar-refractivity contribution is 7.85. The molecule has 0 radical (unpaired) electrons. The normalized spacial score (nSPS) is 17.4. The van der Waals surface area contributed by atoms with E-state index in [1.54, 1.807) is 77.7 Å². The largest absolute Gasteiger partial charge is 0.496 e. The Balaban J connectivity index is 1.15. The Morgan fingerprint density at radius 1 is 0.776 bits per heavy atom. The average Bonchev–Trinajstić information content (AvgIpc) is 3.73. The van der Waals surface area contributed by atoms with Crippen LogP contribution >= 0.6 is 23.2 Å². The van der Waals surface area contributed by atoms with Crippen LogP contribution in [0.25, 0.3) is 28.1 Å². The monoisotopic (exact) mass is 1120 g/mol. The molecule has 3 aliphatic heterocycles. The van der Waals surface area contributed by atoms with Crippen LogP contribution in [-0.2, 0) is 45.4 Å². The minimum atomic E-state index is -4.89. The van der Waals surface area contributed by atoms with Crippen molar-refractivity contribution in [2.75, 3.05) is 116 Å². The maximum atomic E-state index is 14.5. The van der Waals surface area contributed by atoms with Crippen LogP contribution in [0, 0.1) is 0 Å². The van der Waals surface area contributed by atoms with E-state index in [-0.39, 0.29) is 82.8 Å². The van der Waals surface area contributed by atoms with Gasteiger partial charge in [0.25, 0.3) is 16.0 Å². The molecule has 3 aliphatic rings. The summed E-state index contributed by atoms with van der Waals surface area (Å²) in [5, 5.41) is 39.3. The molecule has 410 valence electrons. The fraction of sp³-hybridized carbons (Fsp3) is 0.449. The van der Waals surface area contributed by atoms with Crippen molar-refractivity contribution in [1.29, 1.82) is 0 Å². The van der Waals surface area contributed by atoms with Gasteiger partial charge in [-0.05, 0) is 55.8 Å². The molecule has 7 rings (SSSR count). The smallest absolute Gasteiger partial charge is 0.317 e. The molecule has 4 heterocycles. The predicted molar refractivity (Wildman–Crippen MR) is 277 cm³/mol. The summed E-state index contributed by atoms with van der Waals surface area (Å²) in [5.41, 5.74) is 2.61. The summed E-state index contributed by atoms with van der Waals surface area (Å²) in [6, 6.07) is 12.9. The van der Waals surface area contributed by atoms with Gasteiger partial charge in [-0.2, -0.15) is 13.5 Å². The van der Waals surface area contributed by atoms with E-state index in [9.17, 15) is 57.1 Å². The van der Waals surface area contributed by atoms with Crippen molar-refractivity contribution in [2.45, 2.75) is 32.0 Å². The Labute approximate surface area is 447 Å². The Kier molecular flexibility index (Phi) is 18.6. The van der Waals surface area contributed by atoms with Crippen molar-refractivity contribution in [3.63, 3.8) is 0 Å². The van der Waals surface area contributed by atoms with Gasteiger partial charge in [-0.3, -0.25) is 52.9 Å². The van der Waals surface area contributed by atoms with Gasteiger partial charge >= 0.3 is 17.9 Å². The summed E-state index contributed by atoms with van der Waals surface area (Å²) in [4.78, 5) is 85.3. The third-order valence-electron chi connectivity index (χ3n) is 12.9. The molecule has 24 nitrogen and oxygen atoms in total. The van der Waals surface area contributed by atoms with E-state index >= 15 is 0 Å². The lowest BCUT2D eigenvalue weighted by Gasteiger charge is -2.41. The molecular formula is C49H59Cl2N9O15S. The predicted octanol–water partition coefficient (Wildman–Crippen LogP) is 2.45. The second-order valence-corrected chi connectivity index (χ2v) is 21.5. The summed E-state index contributed by atoms with van der Waals surface area (Å²) in [6.07, 6.45) is 0. The number of morpholine rings is 1.